The molecule has 0 radical (unpaired) electrons. The van der Waals surface area contributed by atoms with Gasteiger partial charge in [0.05, 0.1) is 11.2 Å². The number of rotatable bonds is 5. The smallest absolute Gasteiger partial charge is 0.330 e. The normalized spacial score (nSPS) is 31.4. The molecule has 4 atom stereocenters. The summed E-state index contributed by atoms with van der Waals surface area (Å²) >= 11 is 0. The van der Waals surface area contributed by atoms with E-state index in [1.165, 1.54) is 13.0 Å². The third kappa shape index (κ3) is 3.52. The quantitative estimate of drug-likeness (QED) is 0.357. The van der Waals surface area contributed by atoms with Crippen LogP contribution in [0.2, 0.25) is 0 Å². The number of carbonyl (C=O) groups is 3. The van der Waals surface area contributed by atoms with Gasteiger partial charge in [-0.15, -0.1) is 0 Å². The van der Waals surface area contributed by atoms with Crippen molar-refractivity contribution in [2.75, 3.05) is 0 Å². The van der Waals surface area contributed by atoms with E-state index in [0.29, 0.717) is 35.3 Å². The van der Waals surface area contributed by atoms with Crippen LogP contribution in [0.4, 0.5) is 0 Å². The van der Waals surface area contributed by atoms with Crippen LogP contribution in [0.1, 0.15) is 82.8 Å². The van der Waals surface area contributed by atoms with Crippen LogP contribution in [0, 0.1) is 11.8 Å². The Hall–Kier alpha value is -3.65. The van der Waals surface area contributed by atoms with Gasteiger partial charge in [-0.2, -0.15) is 0 Å². The molecule has 6 aliphatic rings. The molecule has 8 nitrogen and oxygen atoms in total. The fourth-order valence-electron chi connectivity index (χ4n) is 7.44. The van der Waals surface area contributed by atoms with Crippen LogP contribution in [0.15, 0.2) is 41.0 Å². The molecule has 3 aliphatic heterocycles. The molecule has 2 fully saturated rings. The van der Waals surface area contributed by atoms with E-state index in [0.717, 1.165) is 5.57 Å². The molecule has 216 valence electrons. The molecule has 0 amide bonds. The number of carboxylic acids is 1. The van der Waals surface area contributed by atoms with Gasteiger partial charge in [-0.25, -0.2) is 4.79 Å². The lowest BCUT2D eigenvalue weighted by Gasteiger charge is -2.56. The number of ketones is 2. The average molecular weight is 561 g/mol. The average Bonchev–Trinajstić information content (AvgIpc) is 3.03. The number of allylic oxidation sites excluding steroid dienone is 3. The second-order valence-corrected chi connectivity index (χ2v) is 13.2. The van der Waals surface area contributed by atoms with Gasteiger partial charge in [0.15, 0.2) is 22.8 Å². The molecular weight excluding hydrogens is 524 g/mol. The highest BCUT2D eigenvalue weighted by atomic mass is 16.6. The van der Waals surface area contributed by atoms with E-state index in [-0.39, 0.29) is 40.8 Å². The highest BCUT2D eigenvalue weighted by molar-refractivity contribution is 6.19. The van der Waals surface area contributed by atoms with Crippen LogP contribution in [0.25, 0.3) is 6.08 Å². The maximum atomic E-state index is 14.5. The predicted molar refractivity (Wildman–Crippen MR) is 151 cm³/mol. The van der Waals surface area contributed by atoms with Crippen LogP contribution in [0.5, 0.6) is 17.2 Å². The standard InChI is InChI=1S/C33H36O8/c1-16(2)8-9-20-26-19(11-12-30(4,5)39-26)24(34)23-25(35)21-14-18-15-22-31(6,7)41-32(28(18)36,13-10-17(3)29(37)38)33(21,22)40-27(20)23/h8,10-12,14,18,22,34H,9,13,15H2,1-7H3,(H,37,38)/b17-10+/t18?,22?,32-,33-/m1/s1. The lowest BCUT2D eigenvalue weighted by atomic mass is 9.51. The molecule has 1 spiro atoms. The topological polar surface area (TPSA) is 119 Å². The molecule has 1 aromatic rings. The molecule has 4 bridgehead atoms. The zero-order chi connectivity index (χ0) is 29.9. The zero-order valence-electron chi connectivity index (χ0n) is 24.5. The highest BCUT2D eigenvalue weighted by Crippen LogP contribution is 2.68. The second-order valence-electron chi connectivity index (χ2n) is 13.2. The van der Waals surface area contributed by atoms with E-state index in [1.807, 2.05) is 53.7 Å². The first-order valence-corrected chi connectivity index (χ1v) is 14.1. The first-order valence-electron chi connectivity index (χ1n) is 14.1. The fourth-order valence-corrected chi connectivity index (χ4v) is 7.44. The van der Waals surface area contributed by atoms with Crippen LogP contribution in [-0.2, 0) is 20.7 Å². The molecule has 3 aliphatic carbocycles. The summed E-state index contributed by atoms with van der Waals surface area (Å²) in [6, 6.07) is 0. The van der Waals surface area contributed by atoms with Gasteiger partial charge in [0, 0.05) is 35.0 Å². The van der Waals surface area contributed by atoms with Gasteiger partial charge in [0.2, 0.25) is 0 Å². The molecule has 1 saturated heterocycles. The predicted octanol–water partition coefficient (Wildman–Crippen LogP) is 5.51. The first-order chi connectivity index (χ1) is 19.1. The molecule has 1 saturated carbocycles. The maximum absolute atomic E-state index is 14.5. The molecule has 2 N–H and O–H groups in total. The van der Waals surface area contributed by atoms with Gasteiger partial charge in [-0.1, -0.05) is 23.8 Å². The Balaban J connectivity index is 1.66. The van der Waals surface area contributed by atoms with Crippen molar-refractivity contribution in [3.63, 3.8) is 0 Å². The number of benzene rings is 1. The van der Waals surface area contributed by atoms with E-state index >= 15 is 0 Å². The number of hydrogen-bond acceptors (Lipinski definition) is 7. The summed E-state index contributed by atoms with van der Waals surface area (Å²) < 4.78 is 20.1. The first kappa shape index (κ1) is 27.5. The van der Waals surface area contributed by atoms with Crippen LogP contribution in [-0.4, -0.2) is 50.2 Å². The lowest BCUT2D eigenvalue weighted by molar-refractivity contribution is -0.171. The van der Waals surface area contributed by atoms with Gasteiger partial charge >= 0.3 is 5.97 Å². The largest absolute Gasteiger partial charge is 0.506 e. The van der Waals surface area contributed by atoms with Crippen molar-refractivity contribution in [2.24, 2.45) is 11.8 Å². The number of aliphatic carboxylic acids is 1. The summed E-state index contributed by atoms with van der Waals surface area (Å²) in [5.41, 5.74) is -2.14. The number of phenols is 1. The Morgan fingerprint density at radius 2 is 1.78 bits per heavy atom. The summed E-state index contributed by atoms with van der Waals surface area (Å²) in [5, 5.41) is 21.1. The summed E-state index contributed by atoms with van der Waals surface area (Å²) in [7, 11) is 0. The monoisotopic (exact) mass is 560 g/mol. The molecule has 8 heteroatoms. The molecule has 3 heterocycles. The van der Waals surface area contributed by atoms with Gasteiger partial charge in [0.1, 0.15) is 28.4 Å². The highest BCUT2D eigenvalue weighted by Gasteiger charge is 2.81. The van der Waals surface area contributed by atoms with E-state index in [2.05, 4.69) is 0 Å². The van der Waals surface area contributed by atoms with Crippen molar-refractivity contribution < 1.29 is 38.8 Å². The van der Waals surface area contributed by atoms with Gasteiger partial charge in [0.25, 0.3) is 0 Å². The molecule has 2 unspecified atom stereocenters. The summed E-state index contributed by atoms with van der Waals surface area (Å²) in [6.07, 6.45) is 9.54. The van der Waals surface area contributed by atoms with Crippen molar-refractivity contribution >= 4 is 23.6 Å². The molecule has 41 heavy (non-hydrogen) atoms. The van der Waals surface area contributed by atoms with Gasteiger partial charge < -0.3 is 24.4 Å². The van der Waals surface area contributed by atoms with Gasteiger partial charge in [-0.05, 0) is 73.5 Å². The van der Waals surface area contributed by atoms with Crippen molar-refractivity contribution in [1.29, 1.82) is 0 Å². The SMILES string of the molecule is CC(C)=CCc1c2c(c(O)c3c1O[C@]14C(=CC5CC1C(C)(C)O[C@]4(C/C=C(\C)C(=O)O)C5=O)C3=O)C=CC(C)(C)O2. The number of carboxylic acid groups (broad SMARTS) is 1. The third-order valence-corrected chi connectivity index (χ3v) is 9.37. The van der Waals surface area contributed by atoms with Crippen molar-refractivity contribution in [3.8, 4) is 17.2 Å². The van der Waals surface area contributed by atoms with E-state index < -0.39 is 40.1 Å². The maximum Gasteiger partial charge on any atom is 0.330 e. The van der Waals surface area contributed by atoms with Crippen molar-refractivity contribution in [2.45, 2.75) is 90.1 Å². The Morgan fingerprint density at radius 1 is 1.07 bits per heavy atom. The van der Waals surface area contributed by atoms with Crippen LogP contribution < -0.4 is 9.47 Å². The van der Waals surface area contributed by atoms with Crippen molar-refractivity contribution in [3.05, 3.63) is 57.7 Å². The molecular formula is C33H36O8. The Morgan fingerprint density at radius 3 is 2.44 bits per heavy atom. The van der Waals surface area contributed by atoms with E-state index in [4.69, 9.17) is 14.2 Å². The molecule has 1 aromatic carbocycles. The summed E-state index contributed by atoms with van der Waals surface area (Å²) in [5.74, 6) is -2.29. The van der Waals surface area contributed by atoms with Crippen molar-refractivity contribution in [1.82, 2.24) is 0 Å². The van der Waals surface area contributed by atoms with E-state index in [1.54, 1.807) is 12.2 Å². The minimum atomic E-state index is -1.61. The van der Waals surface area contributed by atoms with Crippen LogP contribution in [0.3, 0.4) is 0 Å². The number of ether oxygens (including phenoxy) is 3. The minimum Gasteiger partial charge on any atom is -0.506 e. The third-order valence-electron chi connectivity index (χ3n) is 9.37. The second kappa shape index (κ2) is 8.44. The Bertz CT molecular complexity index is 1560. The Kier molecular flexibility index (Phi) is 5.67. The Labute approximate surface area is 239 Å². The number of Topliss-reactive ketones (excluding diaryl/α,β-unsaturated/α-hetero) is 2. The number of aromatic hydroxyl groups is 1. The molecule has 0 aromatic heterocycles. The fraction of sp³-hybridized carbons (Fsp3) is 0.485. The van der Waals surface area contributed by atoms with Gasteiger partial charge in [-0.3, -0.25) is 9.59 Å². The minimum absolute atomic E-state index is 0.0513. The number of phenolic OH excluding ortho intramolecular Hbond substituents is 1. The lowest BCUT2D eigenvalue weighted by Crippen LogP contribution is -2.72. The van der Waals surface area contributed by atoms with E-state index in [9.17, 15) is 24.6 Å². The summed E-state index contributed by atoms with van der Waals surface area (Å²) in [4.78, 5) is 40.4. The molecule has 7 rings (SSSR count). The van der Waals surface area contributed by atoms with Crippen LogP contribution >= 0.6 is 0 Å². The number of hydrogen-bond donors (Lipinski definition) is 2. The number of fused-ring (bicyclic) bond motifs is 2. The number of carbonyl (C=O) groups excluding carboxylic acids is 2. The summed E-state index contributed by atoms with van der Waals surface area (Å²) in [6.45, 7) is 13.0. The zero-order valence-corrected chi connectivity index (χ0v) is 24.5.